The molecule has 0 saturated heterocycles. The maximum atomic E-state index is 5.46. The molecule has 0 amide bonds. The molecule has 2 heterocycles. The Balaban J connectivity index is 2.14. The number of ether oxygens (including phenoxy) is 2. The van der Waals surface area contributed by atoms with E-state index < -0.39 is 0 Å². The zero-order valence-corrected chi connectivity index (χ0v) is 12.0. The number of aryl methyl sites for hydroxylation is 1. The van der Waals surface area contributed by atoms with Gasteiger partial charge in [0.25, 0.3) is 0 Å². The van der Waals surface area contributed by atoms with Crippen LogP contribution in [0.3, 0.4) is 0 Å². The largest absolute Gasteiger partial charge is 0.479 e. The van der Waals surface area contributed by atoms with Gasteiger partial charge in [-0.05, 0) is 25.1 Å². The van der Waals surface area contributed by atoms with Gasteiger partial charge in [0.15, 0.2) is 10.4 Å². The molecular weight excluding hydrogens is 264 g/mol. The monoisotopic (exact) mass is 282 g/mol. The maximum absolute atomic E-state index is 5.46. The van der Waals surface area contributed by atoms with Gasteiger partial charge in [0, 0.05) is 19.8 Å². The van der Waals surface area contributed by atoms with Crippen molar-refractivity contribution in [3.63, 3.8) is 0 Å². The second kappa shape index (κ2) is 6.63. The van der Waals surface area contributed by atoms with E-state index in [1.54, 1.807) is 7.11 Å². The number of aromatic amines is 1. The van der Waals surface area contributed by atoms with Crippen LogP contribution >= 0.6 is 12.2 Å². The van der Waals surface area contributed by atoms with E-state index in [1.165, 1.54) is 6.33 Å². The van der Waals surface area contributed by atoms with Gasteiger partial charge in [-0.25, -0.2) is 4.98 Å². The van der Waals surface area contributed by atoms with Crippen LogP contribution in [-0.4, -0.2) is 39.8 Å². The first kappa shape index (κ1) is 14.0. The number of imidazole rings is 1. The second-order valence-corrected chi connectivity index (χ2v) is 4.52. The van der Waals surface area contributed by atoms with E-state index in [0.29, 0.717) is 10.7 Å². The molecule has 0 unspecified atom stereocenters. The van der Waals surface area contributed by atoms with Gasteiger partial charge in [-0.2, -0.15) is 4.98 Å². The van der Waals surface area contributed by atoms with Crippen LogP contribution in [0.5, 0.6) is 5.88 Å². The van der Waals surface area contributed by atoms with Gasteiger partial charge in [-0.1, -0.05) is 6.92 Å². The highest BCUT2D eigenvalue weighted by molar-refractivity contribution is 7.71. The SMILES string of the molecule is CCCOCCCn1c(=S)[nH]c2c(OC)ncnc21. The minimum absolute atomic E-state index is 0.511. The molecular formula is C12H18N4O2S. The van der Waals surface area contributed by atoms with Crippen molar-refractivity contribution in [2.75, 3.05) is 20.3 Å². The van der Waals surface area contributed by atoms with Crippen LogP contribution in [0.15, 0.2) is 6.33 Å². The molecule has 2 aromatic rings. The summed E-state index contributed by atoms with van der Waals surface area (Å²) in [5.74, 6) is 0.511. The lowest BCUT2D eigenvalue weighted by Gasteiger charge is -2.05. The Labute approximate surface area is 116 Å². The molecule has 0 aliphatic rings. The molecule has 0 radical (unpaired) electrons. The number of nitrogens with one attached hydrogen (secondary N) is 1. The second-order valence-electron chi connectivity index (χ2n) is 4.13. The van der Waals surface area contributed by atoms with Crippen molar-refractivity contribution >= 4 is 23.4 Å². The fourth-order valence-corrected chi connectivity index (χ4v) is 2.16. The fraction of sp³-hybridized carbons (Fsp3) is 0.583. The molecule has 0 saturated carbocycles. The van der Waals surface area contributed by atoms with Crippen molar-refractivity contribution in [1.29, 1.82) is 0 Å². The topological polar surface area (TPSA) is 65.0 Å². The molecule has 6 nitrogen and oxygen atoms in total. The molecule has 19 heavy (non-hydrogen) atoms. The minimum atomic E-state index is 0.511. The van der Waals surface area contributed by atoms with E-state index in [0.717, 1.165) is 43.8 Å². The summed E-state index contributed by atoms with van der Waals surface area (Å²) in [4.78, 5) is 11.4. The molecule has 104 valence electrons. The Morgan fingerprint density at radius 3 is 2.95 bits per heavy atom. The summed E-state index contributed by atoms with van der Waals surface area (Å²) in [5, 5.41) is 0. The molecule has 0 bridgehead atoms. The summed E-state index contributed by atoms with van der Waals surface area (Å²) in [6, 6.07) is 0. The summed E-state index contributed by atoms with van der Waals surface area (Å²) >= 11 is 5.30. The van der Waals surface area contributed by atoms with E-state index in [4.69, 9.17) is 21.7 Å². The summed E-state index contributed by atoms with van der Waals surface area (Å²) in [6.07, 6.45) is 3.42. The number of aromatic nitrogens is 4. The molecule has 0 spiro atoms. The van der Waals surface area contributed by atoms with Crippen LogP contribution in [0.4, 0.5) is 0 Å². The standard InChI is InChI=1S/C12H18N4O2S/c1-3-6-18-7-4-5-16-10-9(15-12(16)19)11(17-2)14-8-13-10/h8H,3-7H2,1-2H3,(H,15,19). The summed E-state index contributed by atoms with van der Waals surface area (Å²) in [5.41, 5.74) is 1.51. The van der Waals surface area contributed by atoms with Gasteiger partial charge in [0.1, 0.15) is 11.8 Å². The highest BCUT2D eigenvalue weighted by Crippen LogP contribution is 2.20. The third-order valence-corrected chi connectivity index (χ3v) is 3.06. The van der Waals surface area contributed by atoms with E-state index in [-0.39, 0.29) is 0 Å². The molecule has 0 atom stereocenters. The van der Waals surface area contributed by atoms with Crippen molar-refractivity contribution in [3.05, 3.63) is 11.1 Å². The van der Waals surface area contributed by atoms with Gasteiger partial charge < -0.3 is 19.0 Å². The third-order valence-electron chi connectivity index (χ3n) is 2.74. The Morgan fingerprint density at radius 1 is 1.37 bits per heavy atom. The minimum Gasteiger partial charge on any atom is -0.479 e. The van der Waals surface area contributed by atoms with Crippen LogP contribution in [0, 0.1) is 4.77 Å². The summed E-state index contributed by atoms with van der Waals surface area (Å²) < 4.78 is 13.2. The molecule has 0 aromatic carbocycles. The molecule has 2 rings (SSSR count). The van der Waals surface area contributed by atoms with Crippen molar-refractivity contribution in [3.8, 4) is 5.88 Å². The average Bonchev–Trinajstić information content (AvgIpc) is 2.74. The van der Waals surface area contributed by atoms with Gasteiger partial charge in [0.2, 0.25) is 5.88 Å². The molecule has 0 fully saturated rings. The normalized spacial score (nSPS) is 11.1. The van der Waals surface area contributed by atoms with E-state index in [1.807, 2.05) is 4.57 Å². The summed E-state index contributed by atoms with van der Waals surface area (Å²) in [7, 11) is 1.58. The molecule has 0 aliphatic carbocycles. The first-order valence-corrected chi connectivity index (χ1v) is 6.74. The van der Waals surface area contributed by atoms with Gasteiger partial charge in [-0.3, -0.25) is 0 Å². The van der Waals surface area contributed by atoms with Gasteiger partial charge in [0.05, 0.1) is 7.11 Å². The van der Waals surface area contributed by atoms with Crippen molar-refractivity contribution in [2.24, 2.45) is 0 Å². The lowest BCUT2D eigenvalue weighted by atomic mass is 10.4. The van der Waals surface area contributed by atoms with Crippen LogP contribution in [0.1, 0.15) is 19.8 Å². The number of hydrogen-bond donors (Lipinski definition) is 1. The first-order valence-electron chi connectivity index (χ1n) is 6.33. The molecule has 7 heteroatoms. The first-order chi connectivity index (χ1) is 9.27. The molecule has 2 aromatic heterocycles. The molecule has 1 N–H and O–H groups in total. The van der Waals surface area contributed by atoms with E-state index in [9.17, 15) is 0 Å². The summed E-state index contributed by atoms with van der Waals surface area (Å²) in [6.45, 7) is 4.39. The number of rotatable bonds is 7. The van der Waals surface area contributed by atoms with Crippen molar-refractivity contribution in [1.82, 2.24) is 19.5 Å². The average molecular weight is 282 g/mol. The van der Waals surface area contributed by atoms with Crippen LogP contribution in [0.25, 0.3) is 11.2 Å². The lowest BCUT2D eigenvalue weighted by Crippen LogP contribution is -2.04. The zero-order valence-electron chi connectivity index (χ0n) is 11.2. The number of fused-ring (bicyclic) bond motifs is 1. The highest BCUT2D eigenvalue weighted by Gasteiger charge is 2.10. The van der Waals surface area contributed by atoms with Crippen LogP contribution < -0.4 is 4.74 Å². The van der Waals surface area contributed by atoms with E-state index >= 15 is 0 Å². The number of methoxy groups -OCH3 is 1. The Kier molecular flexibility index (Phi) is 4.86. The third kappa shape index (κ3) is 3.10. The quantitative estimate of drug-likeness (QED) is 0.623. The van der Waals surface area contributed by atoms with Gasteiger partial charge in [-0.15, -0.1) is 0 Å². The number of H-pyrrole nitrogens is 1. The zero-order chi connectivity index (χ0) is 13.7. The van der Waals surface area contributed by atoms with Crippen LogP contribution in [0.2, 0.25) is 0 Å². The maximum Gasteiger partial charge on any atom is 0.242 e. The number of nitrogens with zero attached hydrogens (tertiary/aromatic N) is 3. The Morgan fingerprint density at radius 2 is 2.21 bits per heavy atom. The predicted molar refractivity (Wildman–Crippen MR) is 75.0 cm³/mol. The lowest BCUT2D eigenvalue weighted by molar-refractivity contribution is 0.129. The van der Waals surface area contributed by atoms with E-state index in [2.05, 4.69) is 21.9 Å². The highest BCUT2D eigenvalue weighted by atomic mass is 32.1. The van der Waals surface area contributed by atoms with Gasteiger partial charge >= 0.3 is 0 Å². The van der Waals surface area contributed by atoms with Crippen molar-refractivity contribution < 1.29 is 9.47 Å². The smallest absolute Gasteiger partial charge is 0.242 e. The van der Waals surface area contributed by atoms with Crippen LogP contribution in [-0.2, 0) is 11.3 Å². The Hall–Kier alpha value is -1.47. The number of hydrogen-bond acceptors (Lipinski definition) is 5. The predicted octanol–water partition coefficient (Wildman–Crippen LogP) is 2.31. The fourth-order valence-electron chi connectivity index (χ4n) is 1.88. The molecule has 0 aliphatic heterocycles. The Bertz CT molecular complexity index is 593. The van der Waals surface area contributed by atoms with Crippen molar-refractivity contribution in [2.45, 2.75) is 26.3 Å².